The summed E-state index contributed by atoms with van der Waals surface area (Å²) in [6, 6.07) is 14.3. The van der Waals surface area contributed by atoms with E-state index in [1.807, 2.05) is 6.20 Å². The van der Waals surface area contributed by atoms with Crippen molar-refractivity contribution in [2.24, 2.45) is 5.92 Å². The first-order chi connectivity index (χ1) is 16.6. The first-order valence-corrected chi connectivity index (χ1v) is 13.0. The lowest BCUT2D eigenvalue weighted by Gasteiger charge is -2.69. The van der Waals surface area contributed by atoms with E-state index in [4.69, 9.17) is 4.98 Å². The van der Waals surface area contributed by atoms with Gasteiger partial charge in [-0.15, -0.1) is 0 Å². The molecule has 4 fully saturated rings. The van der Waals surface area contributed by atoms with Crippen LogP contribution < -0.4 is 5.32 Å². The summed E-state index contributed by atoms with van der Waals surface area (Å²) < 4.78 is 12.4. The molecule has 1 saturated heterocycles. The monoisotopic (exact) mass is 459 g/mol. The molecule has 3 aromatic rings. The Hall–Kier alpha value is -2.44. The van der Waals surface area contributed by atoms with Crippen LogP contribution in [0.1, 0.15) is 55.6 Å². The van der Waals surface area contributed by atoms with Crippen LogP contribution in [0, 0.1) is 5.92 Å². The predicted octanol–water partition coefficient (Wildman–Crippen LogP) is 4.91. The van der Waals surface area contributed by atoms with Crippen molar-refractivity contribution in [3.63, 3.8) is 0 Å². The van der Waals surface area contributed by atoms with Gasteiger partial charge in [0.05, 0.1) is 36.3 Å². The maximum atomic E-state index is 12.4. The zero-order valence-electron chi connectivity index (χ0n) is 19.9. The molecule has 4 heterocycles. The van der Waals surface area contributed by atoms with Crippen molar-refractivity contribution in [2.45, 2.75) is 62.7 Å². The van der Waals surface area contributed by atoms with Gasteiger partial charge in [-0.1, -0.05) is 18.2 Å². The van der Waals surface area contributed by atoms with Crippen LogP contribution in [0.15, 0.2) is 42.6 Å². The Morgan fingerprint density at radius 1 is 1.15 bits per heavy atom. The van der Waals surface area contributed by atoms with Gasteiger partial charge in [0.2, 0.25) is 0 Å². The highest BCUT2D eigenvalue weighted by atomic mass is 19.1. The SMILES string of the molecule is C[C@@H]1Cc2c([nH]c3ccccc23)[C@@H](c2ccc(NC3CN(CCCF)C3)cn2)N1C12CC(C1)C2. The van der Waals surface area contributed by atoms with Crippen LogP contribution in [-0.2, 0) is 6.42 Å². The number of para-hydroxylation sites is 1. The minimum Gasteiger partial charge on any atom is -0.378 e. The smallest absolute Gasteiger partial charge is 0.0937 e. The van der Waals surface area contributed by atoms with Crippen LogP contribution in [0.4, 0.5) is 10.1 Å². The lowest BCUT2D eigenvalue weighted by atomic mass is 9.48. The van der Waals surface area contributed by atoms with E-state index in [-0.39, 0.29) is 12.7 Å². The highest BCUT2D eigenvalue weighted by Gasteiger charge is 2.63. The molecule has 2 aromatic heterocycles. The van der Waals surface area contributed by atoms with Gasteiger partial charge in [-0.2, -0.15) is 0 Å². The number of likely N-dealkylation sites (tertiary alicyclic amines) is 1. The highest BCUT2D eigenvalue weighted by molar-refractivity contribution is 5.85. The van der Waals surface area contributed by atoms with Crippen LogP contribution in [-0.4, -0.2) is 63.7 Å². The number of hydrogen-bond donors (Lipinski definition) is 2. The van der Waals surface area contributed by atoms with Crippen LogP contribution >= 0.6 is 0 Å². The Morgan fingerprint density at radius 3 is 2.68 bits per heavy atom. The van der Waals surface area contributed by atoms with Crippen LogP contribution in [0.5, 0.6) is 0 Å². The second kappa shape index (κ2) is 7.79. The molecule has 0 amide bonds. The number of halogens is 1. The number of hydrogen-bond acceptors (Lipinski definition) is 4. The maximum Gasteiger partial charge on any atom is 0.0937 e. The van der Waals surface area contributed by atoms with E-state index in [0.717, 1.165) is 43.4 Å². The second-order valence-electron chi connectivity index (χ2n) is 11.2. The largest absolute Gasteiger partial charge is 0.378 e. The molecule has 6 heteroatoms. The zero-order chi connectivity index (χ0) is 22.9. The highest BCUT2D eigenvalue weighted by Crippen LogP contribution is 2.64. The van der Waals surface area contributed by atoms with Crippen molar-refractivity contribution < 1.29 is 4.39 Å². The van der Waals surface area contributed by atoms with Crippen LogP contribution in [0.25, 0.3) is 10.9 Å². The molecule has 2 bridgehead atoms. The van der Waals surface area contributed by atoms with Crippen LogP contribution in [0.3, 0.4) is 0 Å². The summed E-state index contributed by atoms with van der Waals surface area (Å²) >= 11 is 0. The number of nitrogens with zero attached hydrogens (tertiary/aromatic N) is 3. The molecule has 5 aliphatic rings. The number of aromatic nitrogens is 2. The van der Waals surface area contributed by atoms with Crippen LogP contribution in [0.2, 0.25) is 0 Å². The fourth-order valence-corrected chi connectivity index (χ4v) is 7.26. The number of pyridine rings is 1. The van der Waals surface area contributed by atoms with E-state index in [0.29, 0.717) is 24.0 Å². The molecule has 1 aromatic carbocycles. The van der Waals surface area contributed by atoms with Gasteiger partial charge in [0, 0.05) is 47.8 Å². The van der Waals surface area contributed by atoms with Gasteiger partial charge in [-0.05, 0) is 68.7 Å². The van der Waals surface area contributed by atoms with Gasteiger partial charge in [0.15, 0.2) is 0 Å². The number of fused-ring (bicyclic) bond motifs is 3. The molecule has 178 valence electrons. The number of anilines is 1. The van der Waals surface area contributed by atoms with Gasteiger partial charge in [-0.3, -0.25) is 19.2 Å². The van der Waals surface area contributed by atoms with Crippen molar-refractivity contribution >= 4 is 16.6 Å². The van der Waals surface area contributed by atoms with Crippen molar-refractivity contribution in [1.29, 1.82) is 0 Å². The molecule has 0 spiro atoms. The number of aromatic amines is 1. The summed E-state index contributed by atoms with van der Waals surface area (Å²) in [6.45, 7) is 5.02. The lowest BCUT2D eigenvalue weighted by Crippen LogP contribution is -2.71. The van der Waals surface area contributed by atoms with E-state index >= 15 is 0 Å². The van der Waals surface area contributed by atoms with Crippen molar-refractivity contribution in [1.82, 2.24) is 19.8 Å². The Kier molecular flexibility index (Phi) is 4.78. The second-order valence-corrected chi connectivity index (χ2v) is 11.2. The quantitative estimate of drug-likeness (QED) is 0.527. The third-order valence-corrected chi connectivity index (χ3v) is 8.93. The summed E-state index contributed by atoms with van der Waals surface area (Å²) in [4.78, 5) is 14.0. The van der Waals surface area contributed by atoms with E-state index in [9.17, 15) is 4.39 Å². The van der Waals surface area contributed by atoms with E-state index in [1.54, 1.807) is 0 Å². The summed E-state index contributed by atoms with van der Waals surface area (Å²) in [6.07, 6.45) is 7.80. The molecule has 2 atom stereocenters. The van der Waals surface area contributed by atoms with Crippen molar-refractivity contribution in [3.05, 3.63) is 59.5 Å². The minimum atomic E-state index is -0.225. The average molecular weight is 460 g/mol. The number of alkyl halides is 1. The number of benzene rings is 1. The minimum absolute atomic E-state index is 0.182. The number of nitrogens with one attached hydrogen (secondary N) is 2. The number of H-pyrrole nitrogens is 1. The summed E-state index contributed by atoms with van der Waals surface area (Å²) in [5.41, 5.74) is 6.66. The Morgan fingerprint density at radius 2 is 1.97 bits per heavy atom. The molecule has 3 saturated carbocycles. The maximum absolute atomic E-state index is 12.4. The number of rotatable bonds is 7. The molecule has 34 heavy (non-hydrogen) atoms. The average Bonchev–Trinajstić information content (AvgIpc) is 3.12. The molecular formula is C28H34FN5. The van der Waals surface area contributed by atoms with Crippen molar-refractivity contribution in [3.8, 4) is 0 Å². The van der Waals surface area contributed by atoms with E-state index in [1.165, 1.54) is 41.4 Å². The first kappa shape index (κ1) is 20.9. The molecule has 2 N–H and O–H groups in total. The standard InChI is InChI=1S/C28H34FN5/c1-18-11-23-22-5-2-3-6-24(22)32-26(23)27(34(18)28-12-19(13-28)14-28)25-8-7-20(15-30-25)31-21-16-33(17-21)10-4-9-29/h2-3,5-8,15,18-19,21,27,31-32H,4,9-14,16-17H2,1H3/t18-,19?,27-,28?/m1/s1. The van der Waals surface area contributed by atoms with Gasteiger partial charge in [0.25, 0.3) is 0 Å². The normalized spacial score (nSPS) is 30.9. The topological polar surface area (TPSA) is 47.2 Å². The third kappa shape index (κ3) is 3.14. The molecule has 0 radical (unpaired) electrons. The van der Waals surface area contributed by atoms with Gasteiger partial charge < -0.3 is 10.3 Å². The molecular weight excluding hydrogens is 425 g/mol. The van der Waals surface area contributed by atoms with Gasteiger partial charge in [-0.25, -0.2) is 0 Å². The first-order valence-electron chi connectivity index (χ1n) is 13.0. The summed E-state index contributed by atoms with van der Waals surface area (Å²) in [5, 5.41) is 4.98. The molecule has 5 nitrogen and oxygen atoms in total. The van der Waals surface area contributed by atoms with Crippen molar-refractivity contribution in [2.75, 3.05) is 31.6 Å². The molecule has 2 aliphatic heterocycles. The van der Waals surface area contributed by atoms with Gasteiger partial charge >= 0.3 is 0 Å². The Balaban J connectivity index is 1.18. The Labute approximate surface area is 200 Å². The zero-order valence-corrected chi connectivity index (χ0v) is 19.9. The third-order valence-electron chi connectivity index (χ3n) is 8.93. The fourth-order valence-electron chi connectivity index (χ4n) is 7.26. The molecule has 3 aliphatic carbocycles. The lowest BCUT2D eigenvalue weighted by molar-refractivity contribution is -0.174. The van der Waals surface area contributed by atoms with E-state index in [2.05, 4.69) is 63.4 Å². The van der Waals surface area contributed by atoms with Gasteiger partial charge in [0.1, 0.15) is 0 Å². The molecule has 8 rings (SSSR count). The summed E-state index contributed by atoms with van der Waals surface area (Å²) in [5.74, 6) is 0.948. The fraction of sp³-hybridized carbons (Fsp3) is 0.536. The molecule has 0 unspecified atom stereocenters. The van der Waals surface area contributed by atoms with E-state index < -0.39 is 0 Å². The predicted molar refractivity (Wildman–Crippen MR) is 134 cm³/mol. The summed E-state index contributed by atoms with van der Waals surface area (Å²) in [7, 11) is 0. The Bertz CT molecular complexity index is 1180.